The zero-order valence-electron chi connectivity index (χ0n) is 18.4. The number of nitrogen functional groups attached to an aromatic ring is 1. The van der Waals surface area contributed by atoms with Crippen molar-refractivity contribution in [1.29, 1.82) is 0 Å². The van der Waals surface area contributed by atoms with Crippen molar-refractivity contribution in [3.05, 3.63) is 39.1 Å². The summed E-state index contributed by atoms with van der Waals surface area (Å²) in [5.41, 5.74) is 9.38. The van der Waals surface area contributed by atoms with Gasteiger partial charge in [0, 0.05) is 17.1 Å². The van der Waals surface area contributed by atoms with Crippen LogP contribution in [0, 0.1) is 0 Å². The monoisotopic (exact) mass is 507 g/mol. The lowest BCUT2D eigenvalue weighted by Crippen LogP contribution is -2.28. The van der Waals surface area contributed by atoms with Crippen LogP contribution in [-0.4, -0.2) is 62.5 Å². The lowest BCUT2D eigenvalue weighted by atomic mass is 10.2. The topological polar surface area (TPSA) is 150 Å². The molecule has 0 saturated carbocycles. The Bertz CT molecular complexity index is 1190. The van der Waals surface area contributed by atoms with Crippen LogP contribution in [-0.2, 0) is 6.54 Å². The fourth-order valence-corrected chi connectivity index (χ4v) is 4.33. The van der Waals surface area contributed by atoms with Gasteiger partial charge in [-0.1, -0.05) is 41.3 Å². The molecule has 0 spiro atoms. The first kappa shape index (κ1) is 23.9. The number of hydrogen-bond acceptors (Lipinski definition) is 10. The van der Waals surface area contributed by atoms with Crippen LogP contribution in [0.15, 0.2) is 21.9 Å². The van der Waals surface area contributed by atoms with Crippen molar-refractivity contribution in [2.45, 2.75) is 32.2 Å². The summed E-state index contributed by atoms with van der Waals surface area (Å²) in [7, 11) is 1.47. The second kappa shape index (κ2) is 10.8. The largest absolute Gasteiger partial charge is 0.495 e. The van der Waals surface area contributed by atoms with Crippen LogP contribution in [0.4, 0.5) is 5.82 Å². The molecule has 1 aliphatic rings. The number of likely N-dealkylation sites (tertiary alicyclic amines) is 1. The number of aromatic nitrogens is 5. The molecule has 3 N–H and O–H groups in total. The molecule has 0 bridgehead atoms. The predicted octanol–water partition coefficient (Wildman–Crippen LogP) is 2.69. The lowest BCUT2D eigenvalue weighted by molar-refractivity contribution is 0.0945. The van der Waals surface area contributed by atoms with Crippen molar-refractivity contribution in [3.8, 4) is 11.6 Å². The van der Waals surface area contributed by atoms with Crippen LogP contribution in [0.25, 0.3) is 5.82 Å². The fraction of sp³-hybridized carbons (Fsp3) is 0.400. The van der Waals surface area contributed by atoms with Crippen molar-refractivity contribution in [1.82, 2.24) is 35.6 Å². The Morgan fingerprint density at radius 3 is 2.71 bits per heavy atom. The molecule has 1 saturated heterocycles. The van der Waals surface area contributed by atoms with Gasteiger partial charge in [0.1, 0.15) is 11.4 Å². The molecule has 1 amide bonds. The first-order valence-corrected chi connectivity index (χ1v) is 11.3. The lowest BCUT2D eigenvalue weighted by Gasteiger charge is -2.18. The third-order valence-electron chi connectivity index (χ3n) is 5.33. The SMILES string of the molecule is COc1c(Cl)cc(Cl)cc1/C=N\NC(=O)c1c(CN2CCCCCC2)nnn1-c1nonc1N. The third kappa shape index (κ3) is 5.29. The number of nitrogens with zero attached hydrogens (tertiary/aromatic N) is 7. The van der Waals surface area contributed by atoms with E-state index >= 15 is 0 Å². The van der Waals surface area contributed by atoms with Crippen LogP contribution >= 0.6 is 23.2 Å². The Morgan fingerprint density at radius 1 is 1.26 bits per heavy atom. The number of anilines is 1. The molecule has 4 rings (SSSR count). The number of carbonyl (C=O) groups excluding carboxylic acids is 1. The molecule has 3 heterocycles. The molecule has 12 nitrogen and oxygen atoms in total. The number of methoxy groups -OCH3 is 1. The van der Waals surface area contributed by atoms with E-state index in [2.05, 4.69) is 40.7 Å². The number of ether oxygens (including phenoxy) is 1. The minimum absolute atomic E-state index is 0.0259. The molecule has 0 radical (unpaired) electrons. The van der Waals surface area contributed by atoms with E-state index in [4.69, 9.17) is 33.7 Å². The molecule has 1 aliphatic heterocycles. The maximum absolute atomic E-state index is 13.2. The fourth-order valence-electron chi connectivity index (χ4n) is 3.74. The second-order valence-corrected chi connectivity index (χ2v) is 8.51. The average Bonchev–Trinajstić information content (AvgIpc) is 3.31. The molecular weight excluding hydrogens is 485 g/mol. The Hall–Kier alpha value is -3.22. The molecule has 0 atom stereocenters. The zero-order chi connectivity index (χ0) is 24.1. The van der Waals surface area contributed by atoms with Crippen molar-refractivity contribution in [2.24, 2.45) is 5.10 Å². The Labute approximate surface area is 205 Å². The second-order valence-electron chi connectivity index (χ2n) is 7.67. The molecule has 1 aromatic carbocycles. The van der Waals surface area contributed by atoms with Gasteiger partial charge in [0.2, 0.25) is 11.6 Å². The molecule has 14 heteroatoms. The molecule has 3 aromatic rings. The summed E-state index contributed by atoms with van der Waals surface area (Å²) >= 11 is 12.2. The summed E-state index contributed by atoms with van der Waals surface area (Å²) < 4.78 is 11.2. The first-order valence-electron chi connectivity index (χ1n) is 10.6. The van der Waals surface area contributed by atoms with Gasteiger partial charge in [-0.2, -0.15) is 9.78 Å². The van der Waals surface area contributed by atoms with Gasteiger partial charge in [0.25, 0.3) is 5.91 Å². The van der Waals surface area contributed by atoms with E-state index in [1.54, 1.807) is 12.1 Å². The maximum Gasteiger partial charge on any atom is 0.292 e. The van der Waals surface area contributed by atoms with Gasteiger partial charge in [0.15, 0.2) is 5.69 Å². The molecule has 0 aliphatic carbocycles. The number of hydrogen-bond donors (Lipinski definition) is 2. The maximum atomic E-state index is 13.2. The molecule has 180 valence electrons. The minimum Gasteiger partial charge on any atom is -0.495 e. The Morgan fingerprint density at radius 2 is 2.03 bits per heavy atom. The van der Waals surface area contributed by atoms with Crippen LogP contribution in [0.1, 0.15) is 47.4 Å². The average molecular weight is 508 g/mol. The molecule has 1 fully saturated rings. The highest BCUT2D eigenvalue weighted by Crippen LogP contribution is 2.31. The van der Waals surface area contributed by atoms with E-state index in [-0.39, 0.29) is 17.3 Å². The zero-order valence-corrected chi connectivity index (χ0v) is 19.9. The van der Waals surface area contributed by atoms with Crippen molar-refractivity contribution in [3.63, 3.8) is 0 Å². The number of nitrogens with two attached hydrogens (primary N) is 1. The van der Waals surface area contributed by atoms with Gasteiger partial charge >= 0.3 is 0 Å². The van der Waals surface area contributed by atoms with Crippen molar-refractivity contribution < 1.29 is 14.2 Å². The number of carbonyl (C=O) groups is 1. The van der Waals surface area contributed by atoms with Crippen LogP contribution < -0.4 is 15.9 Å². The van der Waals surface area contributed by atoms with E-state index in [1.807, 2.05) is 0 Å². The highest BCUT2D eigenvalue weighted by atomic mass is 35.5. The molecule has 2 aromatic heterocycles. The van der Waals surface area contributed by atoms with Crippen LogP contribution in [0.5, 0.6) is 5.75 Å². The first-order chi connectivity index (χ1) is 16.5. The quantitative estimate of drug-likeness (QED) is 0.363. The van der Waals surface area contributed by atoms with Crippen LogP contribution in [0.2, 0.25) is 10.0 Å². The van der Waals surface area contributed by atoms with Gasteiger partial charge in [-0.25, -0.2) is 10.1 Å². The smallest absolute Gasteiger partial charge is 0.292 e. The van der Waals surface area contributed by atoms with Crippen LogP contribution in [0.3, 0.4) is 0 Å². The van der Waals surface area contributed by atoms with E-state index < -0.39 is 5.91 Å². The van der Waals surface area contributed by atoms with Crippen molar-refractivity contribution in [2.75, 3.05) is 25.9 Å². The third-order valence-corrected chi connectivity index (χ3v) is 5.83. The van der Waals surface area contributed by atoms with E-state index in [0.717, 1.165) is 25.9 Å². The number of hydrazone groups is 1. The summed E-state index contributed by atoms with van der Waals surface area (Å²) in [6, 6.07) is 3.16. The number of rotatable bonds is 7. The van der Waals surface area contributed by atoms with Gasteiger partial charge < -0.3 is 10.5 Å². The Kier molecular flexibility index (Phi) is 7.60. The Balaban J connectivity index is 1.61. The predicted molar refractivity (Wildman–Crippen MR) is 125 cm³/mol. The van der Waals surface area contributed by atoms with Gasteiger partial charge in [-0.05, 0) is 48.4 Å². The number of nitrogens with one attached hydrogen (secondary N) is 1. The minimum atomic E-state index is -0.569. The number of benzene rings is 1. The van der Waals surface area contributed by atoms with E-state index in [1.165, 1.54) is 30.8 Å². The summed E-state index contributed by atoms with van der Waals surface area (Å²) in [6.07, 6.45) is 5.92. The summed E-state index contributed by atoms with van der Waals surface area (Å²) in [5.74, 6) is -0.159. The molecule has 34 heavy (non-hydrogen) atoms. The van der Waals surface area contributed by atoms with E-state index in [0.29, 0.717) is 33.6 Å². The highest BCUT2D eigenvalue weighted by Gasteiger charge is 2.26. The normalized spacial score (nSPS) is 14.9. The number of amides is 1. The van der Waals surface area contributed by atoms with Gasteiger partial charge in [0.05, 0.1) is 18.3 Å². The summed E-state index contributed by atoms with van der Waals surface area (Å²) in [6.45, 7) is 2.26. The summed E-state index contributed by atoms with van der Waals surface area (Å²) in [4.78, 5) is 15.4. The molecule has 0 unspecified atom stereocenters. The highest BCUT2D eigenvalue weighted by molar-refractivity contribution is 6.36. The van der Waals surface area contributed by atoms with E-state index in [9.17, 15) is 4.79 Å². The molecular formula is C20H23Cl2N9O3. The van der Waals surface area contributed by atoms with Gasteiger partial charge in [-0.3, -0.25) is 9.69 Å². The van der Waals surface area contributed by atoms with Crippen molar-refractivity contribution >= 4 is 41.1 Å². The summed E-state index contributed by atoms with van der Waals surface area (Å²) in [5, 5.41) is 20.4. The standard InChI is InChI=1S/C20H23Cl2N9O3/c1-33-17-12(8-13(21)9-14(17)22)10-24-26-20(32)16-15(11-30-6-4-2-3-5-7-30)25-29-31(16)19-18(23)27-34-28-19/h8-10H,2-7,11H2,1H3,(H2,23,27)(H,26,32)/b24-10-. The van der Waals surface area contributed by atoms with Gasteiger partial charge in [-0.15, -0.1) is 5.10 Å². The number of halogens is 2.